The molecule has 13 heavy (non-hydrogen) atoms. The van der Waals surface area contributed by atoms with Crippen molar-refractivity contribution in [3.8, 4) is 0 Å². The molecule has 0 aliphatic rings. The minimum absolute atomic E-state index is 0.00275. The molecule has 0 aliphatic heterocycles. The van der Waals surface area contributed by atoms with E-state index in [2.05, 4.69) is 0 Å². The zero-order valence-electron chi connectivity index (χ0n) is 6.73. The molecule has 1 atom stereocenters. The van der Waals surface area contributed by atoms with Gasteiger partial charge < -0.3 is 11.5 Å². The van der Waals surface area contributed by atoms with Crippen LogP contribution in [0.15, 0.2) is 12.1 Å². The van der Waals surface area contributed by atoms with Crippen LogP contribution in [0.2, 0.25) is 5.02 Å². The van der Waals surface area contributed by atoms with Gasteiger partial charge in [-0.25, -0.2) is 8.78 Å². The summed E-state index contributed by atoms with van der Waals surface area (Å²) in [6.45, 7) is -0.0184. The molecule has 0 saturated carbocycles. The van der Waals surface area contributed by atoms with Gasteiger partial charge in [0, 0.05) is 23.2 Å². The molecule has 1 aromatic rings. The summed E-state index contributed by atoms with van der Waals surface area (Å²) in [4.78, 5) is 0. The zero-order chi connectivity index (χ0) is 10.0. The Morgan fingerprint density at radius 1 is 1.31 bits per heavy atom. The molecule has 72 valence electrons. The SMILES string of the molecule is NC[C@H](N)c1c(F)cc(Cl)cc1F. The Labute approximate surface area is 79.5 Å². The van der Waals surface area contributed by atoms with Gasteiger partial charge in [0.15, 0.2) is 0 Å². The molecule has 0 bridgehead atoms. The van der Waals surface area contributed by atoms with Gasteiger partial charge in [0.05, 0.1) is 0 Å². The Balaban J connectivity index is 3.20. The van der Waals surface area contributed by atoms with Crippen LogP contribution in [0, 0.1) is 11.6 Å². The van der Waals surface area contributed by atoms with Crippen LogP contribution >= 0.6 is 11.6 Å². The molecule has 0 aliphatic carbocycles. The van der Waals surface area contributed by atoms with Crippen molar-refractivity contribution in [2.75, 3.05) is 6.54 Å². The molecular formula is C8H9ClF2N2. The lowest BCUT2D eigenvalue weighted by molar-refractivity contribution is 0.528. The first-order chi connectivity index (χ1) is 6.06. The molecule has 0 spiro atoms. The Bertz CT molecular complexity index is 294. The molecule has 0 unspecified atom stereocenters. The summed E-state index contributed by atoms with van der Waals surface area (Å²) in [5.74, 6) is -1.52. The predicted molar refractivity (Wildman–Crippen MR) is 47.4 cm³/mol. The zero-order valence-corrected chi connectivity index (χ0v) is 7.48. The second-order valence-electron chi connectivity index (χ2n) is 2.63. The van der Waals surface area contributed by atoms with E-state index in [4.69, 9.17) is 23.1 Å². The average molecular weight is 207 g/mol. The number of hydrogen-bond donors (Lipinski definition) is 2. The third-order valence-electron chi connectivity index (χ3n) is 1.67. The van der Waals surface area contributed by atoms with E-state index in [1.807, 2.05) is 0 Å². The maximum absolute atomic E-state index is 13.1. The molecule has 2 nitrogen and oxygen atoms in total. The van der Waals surface area contributed by atoms with Crippen LogP contribution in [0.5, 0.6) is 0 Å². The van der Waals surface area contributed by atoms with Gasteiger partial charge in [-0.05, 0) is 12.1 Å². The number of benzene rings is 1. The molecular weight excluding hydrogens is 198 g/mol. The van der Waals surface area contributed by atoms with E-state index < -0.39 is 17.7 Å². The lowest BCUT2D eigenvalue weighted by Gasteiger charge is -2.11. The largest absolute Gasteiger partial charge is 0.329 e. The van der Waals surface area contributed by atoms with Crippen molar-refractivity contribution in [1.82, 2.24) is 0 Å². The van der Waals surface area contributed by atoms with Crippen LogP contribution in [0.3, 0.4) is 0 Å². The molecule has 0 aromatic heterocycles. The van der Waals surface area contributed by atoms with Crippen molar-refractivity contribution < 1.29 is 8.78 Å². The summed E-state index contributed by atoms with van der Waals surface area (Å²) in [6.07, 6.45) is 0. The first-order valence-electron chi connectivity index (χ1n) is 3.66. The summed E-state index contributed by atoms with van der Waals surface area (Å²) in [5, 5.41) is 0.00275. The molecule has 4 N–H and O–H groups in total. The minimum atomic E-state index is -0.836. The normalized spacial score (nSPS) is 13.0. The second kappa shape index (κ2) is 4.00. The van der Waals surface area contributed by atoms with Gasteiger partial charge in [-0.2, -0.15) is 0 Å². The minimum Gasteiger partial charge on any atom is -0.329 e. The van der Waals surface area contributed by atoms with Crippen molar-refractivity contribution in [2.45, 2.75) is 6.04 Å². The molecule has 1 aromatic carbocycles. The summed E-state index contributed by atoms with van der Waals surface area (Å²) in [5.41, 5.74) is 10.4. The van der Waals surface area contributed by atoms with E-state index in [1.54, 1.807) is 0 Å². The Kier molecular flexibility index (Phi) is 3.19. The number of hydrogen-bond acceptors (Lipinski definition) is 2. The Morgan fingerprint density at radius 3 is 2.15 bits per heavy atom. The van der Waals surface area contributed by atoms with Crippen LogP contribution in [0.4, 0.5) is 8.78 Å². The standard InChI is InChI=1S/C8H9ClF2N2/c9-4-1-5(10)8(6(11)2-4)7(13)3-12/h1-2,7H,3,12-13H2/t7-/m0/s1. The summed E-state index contributed by atoms with van der Waals surface area (Å²) >= 11 is 5.42. The monoisotopic (exact) mass is 206 g/mol. The predicted octanol–water partition coefficient (Wildman–Crippen LogP) is 1.58. The van der Waals surface area contributed by atoms with E-state index in [9.17, 15) is 8.78 Å². The van der Waals surface area contributed by atoms with Crippen LogP contribution in [-0.4, -0.2) is 6.54 Å². The second-order valence-corrected chi connectivity index (χ2v) is 3.06. The maximum atomic E-state index is 13.1. The highest BCUT2D eigenvalue weighted by molar-refractivity contribution is 6.30. The number of halogens is 3. The maximum Gasteiger partial charge on any atom is 0.132 e. The highest BCUT2D eigenvalue weighted by Crippen LogP contribution is 2.22. The van der Waals surface area contributed by atoms with Crippen molar-refractivity contribution in [3.63, 3.8) is 0 Å². The fourth-order valence-corrected chi connectivity index (χ4v) is 1.22. The van der Waals surface area contributed by atoms with Crippen LogP contribution in [-0.2, 0) is 0 Å². The van der Waals surface area contributed by atoms with E-state index >= 15 is 0 Å². The molecule has 0 radical (unpaired) electrons. The van der Waals surface area contributed by atoms with Gasteiger partial charge in [-0.1, -0.05) is 11.6 Å². The van der Waals surface area contributed by atoms with E-state index in [0.717, 1.165) is 12.1 Å². The smallest absolute Gasteiger partial charge is 0.132 e. The molecule has 0 fully saturated rings. The first kappa shape index (κ1) is 10.4. The van der Waals surface area contributed by atoms with Crippen molar-refractivity contribution in [1.29, 1.82) is 0 Å². The molecule has 0 heterocycles. The van der Waals surface area contributed by atoms with Crippen LogP contribution < -0.4 is 11.5 Å². The lowest BCUT2D eigenvalue weighted by atomic mass is 10.1. The number of nitrogens with two attached hydrogens (primary N) is 2. The molecule has 0 amide bonds. The van der Waals surface area contributed by atoms with Gasteiger partial charge >= 0.3 is 0 Å². The van der Waals surface area contributed by atoms with E-state index in [1.165, 1.54) is 0 Å². The summed E-state index contributed by atoms with van der Waals surface area (Å²) < 4.78 is 26.2. The van der Waals surface area contributed by atoms with Crippen molar-refractivity contribution in [2.24, 2.45) is 11.5 Å². The van der Waals surface area contributed by atoms with Gasteiger partial charge in [0.2, 0.25) is 0 Å². The molecule has 5 heteroatoms. The first-order valence-corrected chi connectivity index (χ1v) is 4.04. The molecule has 0 saturated heterocycles. The quantitative estimate of drug-likeness (QED) is 0.772. The van der Waals surface area contributed by atoms with E-state index in [0.29, 0.717) is 0 Å². The van der Waals surface area contributed by atoms with Crippen LogP contribution in [0.1, 0.15) is 11.6 Å². The van der Waals surface area contributed by atoms with Gasteiger partial charge in [-0.15, -0.1) is 0 Å². The number of rotatable bonds is 2. The van der Waals surface area contributed by atoms with Gasteiger partial charge in [0.25, 0.3) is 0 Å². The fourth-order valence-electron chi connectivity index (χ4n) is 1.03. The van der Waals surface area contributed by atoms with Gasteiger partial charge in [0.1, 0.15) is 11.6 Å². The summed E-state index contributed by atoms with van der Waals surface area (Å²) in [6, 6.07) is 1.18. The average Bonchev–Trinajstić information content (AvgIpc) is 2.02. The highest BCUT2D eigenvalue weighted by atomic mass is 35.5. The van der Waals surface area contributed by atoms with E-state index in [-0.39, 0.29) is 17.1 Å². The fraction of sp³-hybridized carbons (Fsp3) is 0.250. The molecule has 1 rings (SSSR count). The topological polar surface area (TPSA) is 52.0 Å². The van der Waals surface area contributed by atoms with Crippen molar-refractivity contribution in [3.05, 3.63) is 34.4 Å². The summed E-state index contributed by atoms with van der Waals surface area (Å²) in [7, 11) is 0. The third kappa shape index (κ3) is 2.15. The Hall–Kier alpha value is -0.710. The lowest BCUT2D eigenvalue weighted by Crippen LogP contribution is -2.23. The third-order valence-corrected chi connectivity index (χ3v) is 1.89. The highest BCUT2D eigenvalue weighted by Gasteiger charge is 2.16. The van der Waals surface area contributed by atoms with Gasteiger partial charge in [-0.3, -0.25) is 0 Å². The van der Waals surface area contributed by atoms with Crippen molar-refractivity contribution >= 4 is 11.6 Å². The Morgan fingerprint density at radius 2 is 1.77 bits per heavy atom. The van der Waals surface area contributed by atoms with Crippen LogP contribution in [0.25, 0.3) is 0 Å².